The first-order valence-corrected chi connectivity index (χ1v) is 9.04. The van der Waals surface area contributed by atoms with E-state index >= 15 is 0 Å². The van der Waals surface area contributed by atoms with Crippen LogP contribution in [0.4, 0.5) is 0 Å². The van der Waals surface area contributed by atoms with Gasteiger partial charge in [0.05, 0.1) is 7.11 Å². The van der Waals surface area contributed by atoms with Crippen LogP contribution in [0, 0.1) is 0 Å². The first kappa shape index (κ1) is 16.1. The van der Waals surface area contributed by atoms with Gasteiger partial charge in [0.15, 0.2) is 0 Å². The van der Waals surface area contributed by atoms with Gasteiger partial charge in [0.25, 0.3) is 0 Å². The number of rotatable bonds is 9. The molecule has 1 aromatic carbocycles. The number of hydrogen-bond acceptors (Lipinski definition) is 3. The predicted molar refractivity (Wildman–Crippen MR) is 80.8 cm³/mol. The minimum atomic E-state index is -2.54. The Morgan fingerprint density at radius 3 is 1.84 bits per heavy atom. The van der Waals surface area contributed by atoms with Crippen molar-refractivity contribution in [3.63, 3.8) is 0 Å². The van der Waals surface area contributed by atoms with Gasteiger partial charge in [0, 0.05) is 12.3 Å². The van der Waals surface area contributed by atoms with Crippen LogP contribution in [-0.2, 0) is 4.57 Å². The Labute approximate surface area is 116 Å². The zero-order chi connectivity index (χ0) is 14.1. The summed E-state index contributed by atoms with van der Waals surface area (Å²) in [6, 6.07) is 7.31. The van der Waals surface area contributed by atoms with Gasteiger partial charge in [-0.25, -0.2) is 0 Å². The molecule has 0 saturated heterocycles. The second-order valence-electron chi connectivity index (χ2n) is 4.74. The number of ether oxygens (including phenoxy) is 1. The molecule has 1 rings (SSSR count). The Kier molecular flexibility index (Phi) is 7.01. The van der Waals surface area contributed by atoms with E-state index in [0.29, 0.717) is 18.1 Å². The third-order valence-corrected chi connectivity index (χ3v) is 5.57. The summed E-state index contributed by atoms with van der Waals surface area (Å²) in [4.78, 5) is 0. The van der Waals surface area contributed by atoms with Crippen LogP contribution in [0.1, 0.15) is 39.5 Å². The highest BCUT2D eigenvalue weighted by Gasteiger charge is 2.23. The van der Waals surface area contributed by atoms with Crippen molar-refractivity contribution >= 4 is 7.37 Å². The van der Waals surface area contributed by atoms with Gasteiger partial charge >= 0.3 is 0 Å². The molecule has 0 radical (unpaired) electrons. The third kappa shape index (κ3) is 5.69. The molecule has 0 unspecified atom stereocenters. The highest BCUT2D eigenvalue weighted by molar-refractivity contribution is 7.59. The monoisotopic (exact) mass is 284 g/mol. The van der Waals surface area contributed by atoms with Crippen LogP contribution >= 0.6 is 7.37 Å². The molecule has 19 heavy (non-hydrogen) atoms. The average Bonchev–Trinajstić information content (AvgIpc) is 2.44. The largest absolute Gasteiger partial charge is 0.497 e. The van der Waals surface area contributed by atoms with Crippen LogP contribution < -0.4 is 9.26 Å². The maximum absolute atomic E-state index is 12.8. The van der Waals surface area contributed by atoms with Gasteiger partial charge in [-0.1, -0.05) is 26.7 Å². The Bertz CT molecular complexity index is 388. The molecule has 0 bridgehead atoms. The first-order chi connectivity index (χ1) is 9.13. The Morgan fingerprint density at radius 2 is 1.42 bits per heavy atom. The van der Waals surface area contributed by atoms with Crippen molar-refractivity contribution in [2.24, 2.45) is 0 Å². The topological polar surface area (TPSA) is 35.5 Å². The van der Waals surface area contributed by atoms with E-state index in [9.17, 15) is 4.57 Å². The fraction of sp³-hybridized carbons (Fsp3) is 0.600. The lowest BCUT2D eigenvalue weighted by Gasteiger charge is -2.19. The lowest BCUT2D eigenvalue weighted by Crippen LogP contribution is -2.03. The molecule has 0 aliphatic heterocycles. The second kappa shape index (κ2) is 8.27. The normalized spacial score (nSPS) is 11.3. The zero-order valence-corrected chi connectivity index (χ0v) is 13.1. The highest BCUT2D eigenvalue weighted by atomic mass is 31.2. The fourth-order valence-corrected chi connectivity index (χ4v) is 4.34. The van der Waals surface area contributed by atoms with Gasteiger partial charge < -0.3 is 9.26 Å². The number of benzene rings is 1. The van der Waals surface area contributed by atoms with E-state index in [-0.39, 0.29) is 0 Å². The van der Waals surface area contributed by atoms with Crippen LogP contribution in [0.2, 0.25) is 0 Å². The molecule has 0 heterocycles. The van der Waals surface area contributed by atoms with Gasteiger partial charge in [-0.3, -0.25) is 4.57 Å². The molecule has 3 nitrogen and oxygen atoms in total. The summed E-state index contributed by atoms with van der Waals surface area (Å²) in [5.41, 5.74) is 0. The molecular weight excluding hydrogens is 259 g/mol. The minimum Gasteiger partial charge on any atom is -0.497 e. The second-order valence-corrected chi connectivity index (χ2v) is 7.44. The molecule has 0 fully saturated rings. The van der Waals surface area contributed by atoms with Crippen molar-refractivity contribution < 1.29 is 13.8 Å². The quantitative estimate of drug-likeness (QED) is 0.602. The van der Waals surface area contributed by atoms with Crippen LogP contribution in [0.25, 0.3) is 0 Å². The van der Waals surface area contributed by atoms with Crippen LogP contribution in [0.3, 0.4) is 0 Å². The molecule has 108 valence electrons. The Hall–Kier alpha value is -0.950. The molecule has 0 aromatic heterocycles. The molecule has 1 aromatic rings. The third-order valence-electron chi connectivity index (χ3n) is 3.04. The maximum atomic E-state index is 12.8. The number of hydrogen-bond donors (Lipinski definition) is 0. The fourth-order valence-electron chi connectivity index (χ4n) is 1.83. The molecule has 0 spiro atoms. The molecule has 0 aliphatic carbocycles. The van der Waals surface area contributed by atoms with E-state index in [2.05, 4.69) is 13.8 Å². The van der Waals surface area contributed by atoms with E-state index in [1.54, 1.807) is 7.11 Å². The summed E-state index contributed by atoms with van der Waals surface area (Å²) in [6.45, 7) is 4.22. The summed E-state index contributed by atoms with van der Waals surface area (Å²) < 4.78 is 23.7. The Morgan fingerprint density at radius 1 is 0.947 bits per heavy atom. The molecule has 0 amide bonds. The van der Waals surface area contributed by atoms with Crippen molar-refractivity contribution in [3.8, 4) is 11.5 Å². The summed E-state index contributed by atoms with van der Waals surface area (Å²) in [5, 5.41) is 0. The summed E-state index contributed by atoms with van der Waals surface area (Å²) in [7, 11) is -0.910. The van der Waals surface area contributed by atoms with Crippen LogP contribution in [0.5, 0.6) is 11.5 Å². The standard InChI is InChI=1S/C15H25O3P/c1-4-6-12-19(16,13-7-5-2)18-15-10-8-14(17-3)9-11-15/h8-11H,4-7,12-13H2,1-3H3. The van der Waals surface area contributed by atoms with Gasteiger partial charge in [-0.2, -0.15) is 0 Å². The molecular formula is C15H25O3P. The summed E-state index contributed by atoms with van der Waals surface area (Å²) in [6.07, 6.45) is 5.35. The molecule has 4 heteroatoms. The van der Waals surface area contributed by atoms with Crippen molar-refractivity contribution in [1.82, 2.24) is 0 Å². The summed E-state index contributed by atoms with van der Waals surface area (Å²) >= 11 is 0. The van der Waals surface area contributed by atoms with Crippen molar-refractivity contribution in [2.75, 3.05) is 19.4 Å². The predicted octanol–water partition coefficient (Wildman–Crippen LogP) is 4.95. The summed E-state index contributed by atoms with van der Waals surface area (Å²) in [5.74, 6) is 1.46. The zero-order valence-electron chi connectivity index (χ0n) is 12.2. The smallest absolute Gasteiger partial charge is 0.247 e. The van der Waals surface area contributed by atoms with E-state index < -0.39 is 7.37 Å². The van der Waals surface area contributed by atoms with E-state index in [4.69, 9.17) is 9.26 Å². The Balaban J connectivity index is 2.71. The van der Waals surface area contributed by atoms with Crippen molar-refractivity contribution in [3.05, 3.63) is 24.3 Å². The molecule has 0 N–H and O–H groups in total. The van der Waals surface area contributed by atoms with Gasteiger partial charge in [-0.15, -0.1) is 0 Å². The van der Waals surface area contributed by atoms with Crippen LogP contribution in [-0.4, -0.2) is 19.4 Å². The van der Waals surface area contributed by atoms with Crippen LogP contribution in [0.15, 0.2) is 24.3 Å². The van der Waals surface area contributed by atoms with E-state index in [0.717, 1.165) is 31.4 Å². The number of unbranched alkanes of at least 4 members (excludes halogenated alkanes) is 2. The minimum absolute atomic E-state index is 0.676. The molecule has 0 atom stereocenters. The van der Waals surface area contributed by atoms with E-state index in [1.807, 2.05) is 24.3 Å². The maximum Gasteiger partial charge on any atom is 0.247 e. The molecule has 0 aliphatic rings. The average molecular weight is 284 g/mol. The number of methoxy groups -OCH3 is 1. The van der Waals surface area contributed by atoms with Crippen molar-refractivity contribution in [1.29, 1.82) is 0 Å². The SMILES string of the molecule is CCCCP(=O)(CCCC)Oc1ccc(OC)cc1. The first-order valence-electron chi connectivity index (χ1n) is 7.05. The van der Waals surface area contributed by atoms with Crippen molar-refractivity contribution in [2.45, 2.75) is 39.5 Å². The highest BCUT2D eigenvalue weighted by Crippen LogP contribution is 2.48. The molecule has 0 saturated carbocycles. The lowest BCUT2D eigenvalue weighted by atomic mass is 10.3. The van der Waals surface area contributed by atoms with E-state index in [1.165, 1.54) is 0 Å². The van der Waals surface area contributed by atoms with Gasteiger partial charge in [0.1, 0.15) is 11.5 Å². The van der Waals surface area contributed by atoms with Gasteiger partial charge in [-0.05, 0) is 37.1 Å². The van der Waals surface area contributed by atoms with Gasteiger partial charge in [0.2, 0.25) is 7.37 Å². The lowest BCUT2D eigenvalue weighted by molar-refractivity contribution is 0.413.